The van der Waals surface area contributed by atoms with E-state index >= 15 is 0 Å². The van der Waals surface area contributed by atoms with E-state index in [4.69, 9.17) is 14.2 Å². The van der Waals surface area contributed by atoms with Crippen molar-refractivity contribution in [3.05, 3.63) is 134 Å². The minimum Gasteiger partial charge on any atom is -0.462 e. The molecule has 79 heavy (non-hydrogen) atoms. The van der Waals surface area contributed by atoms with Crippen LogP contribution in [0.15, 0.2) is 134 Å². The Morgan fingerprint density at radius 1 is 0.266 bits per heavy atom. The lowest BCUT2D eigenvalue weighted by Crippen LogP contribution is -2.30. The molecule has 6 heteroatoms. The van der Waals surface area contributed by atoms with E-state index < -0.39 is 6.10 Å². The van der Waals surface area contributed by atoms with E-state index in [-0.39, 0.29) is 31.1 Å². The molecule has 0 aliphatic carbocycles. The Kier molecular flexibility index (Phi) is 62.3. The summed E-state index contributed by atoms with van der Waals surface area (Å²) in [6.07, 6.45) is 93.1. The van der Waals surface area contributed by atoms with E-state index in [2.05, 4.69) is 154 Å². The zero-order chi connectivity index (χ0) is 57.1. The fourth-order valence-corrected chi connectivity index (χ4v) is 8.76. The molecule has 0 heterocycles. The summed E-state index contributed by atoms with van der Waals surface area (Å²) in [6.45, 7) is 6.48. The molecule has 1 atom stereocenters. The highest BCUT2D eigenvalue weighted by Gasteiger charge is 2.19. The maximum Gasteiger partial charge on any atom is 0.306 e. The summed E-state index contributed by atoms with van der Waals surface area (Å²) in [5.74, 6) is -0.932. The third-order valence-electron chi connectivity index (χ3n) is 13.6. The highest BCUT2D eigenvalue weighted by atomic mass is 16.6. The summed E-state index contributed by atoms with van der Waals surface area (Å²) in [5, 5.41) is 0. The quantitative estimate of drug-likeness (QED) is 0.0261. The normalized spacial score (nSPS) is 13.0. The van der Waals surface area contributed by atoms with E-state index in [1.54, 1.807) is 0 Å². The third kappa shape index (κ3) is 64.3. The number of carbonyl (C=O) groups is 3. The first kappa shape index (κ1) is 74.5. The molecule has 0 bridgehead atoms. The van der Waals surface area contributed by atoms with Gasteiger partial charge in [0, 0.05) is 19.3 Å². The van der Waals surface area contributed by atoms with Crippen LogP contribution < -0.4 is 0 Å². The maximum absolute atomic E-state index is 12.9. The first-order valence-corrected chi connectivity index (χ1v) is 32.7. The summed E-state index contributed by atoms with van der Waals surface area (Å²) in [5.41, 5.74) is 0. The number of rotatable bonds is 58. The Bertz CT molecular complexity index is 1680. The van der Waals surface area contributed by atoms with Crippen molar-refractivity contribution in [1.29, 1.82) is 0 Å². The van der Waals surface area contributed by atoms with Gasteiger partial charge in [0.25, 0.3) is 0 Å². The van der Waals surface area contributed by atoms with E-state index in [1.165, 1.54) is 116 Å². The standard InChI is InChI=1S/C73H120O6/c1-4-7-10-13-16-19-22-25-27-29-31-32-33-34-35-36-37-38-39-40-41-42-43-45-46-48-51-54-57-60-63-66-72(75)78-69-70(68-77-71(74)65-62-59-56-53-50-24-21-18-15-12-9-6-3)79-73(76)67-64-61-58-55-52-49-47-44-30-28-26-23-20-17-14-11-8-5-2/h7,10,16,19-20,23,25,27-28,30-32,34-35,37-38,40-41,43,45,48,51,70H,4-6,8-9,11-15,17-18,21-22,24,26,29,33,36,39,42,44,46-47,49-50,52-69H2,1-3H3/b10-7-,19-16-,23-20-,27-25-,30-28-,32-31-,35-34-,38-37-,41-40-,45-43-,51-48-. The lowest BCUT2D eigenvalue weighted by Gasteiger charge is -2.18. The van der Waals surface area contributed by atoms with Crippen molar-refractivity contribution in [1.82, 2.24) is 0 Å². The average molecular weight is 1090 g/mol. The van der Waals surface area contributed by atoms with E-state index in [0.29, 0.717) is 19.3 Å². The minimum absolute atomic E-state index is 0.0928. The van der Waals surface area contributed by atoms with Crippen LogP contribution in [0.5, 0.6) is 0 Å². The molecule has 0 aromatic rings. The molecule has 0 aromatic heterocycles. The Labute approximate surface area is 487 Å². The number of esters is 3. The fraction of sp³-hybridized carbons (Fsp3) is 0.658. The molecule has 0 saturated carbocycles. The molecule has 0 spiro atoms. The van der Waals surface area contributed by atoms with Crippen molar-refractivity contribution in [2.75, 3.05) is 13.2 Å². The molecule has 0 amide bonds. The molecule has 0 aliphatic rings. The molecule has 0 aliphatic heterocycles. The molecule has 0 saturated heterocycles. The van der Waals surface area contributed by atoms with Gasteiger partial charge in [-0.05, 0) is 122 Å². The predicted molar refractivity (Wildman–Crippen MR) is 343 cm³/mol. The van der Waals surface area contributed by atoms with Crippen molar-refractivity contribution < 1.29 is 28.6 Å². The summed E-state index contributed by atoms with van der Waals surface area (Å²) < 4.78 is 16.9. The highest BCUT2D eigenvalue weighted by molar-refractivity contribution is 5.71. The van der Waals surface area contributed by atoms with Crippen LogP contribution in [0.1, 0.15) is 290 Å². The number of ether oxygens (including phenoxy) is 3. The monoisotopic (exact) mass is 1090 g/mol. The second kappa shape index (κ2) is 66.1. The van der Waals surface area contributed by atoms with Gasteiger partial charge in [0.05, 0.1) is 0 Å². The zero-order valence-corrected chi connectivity index (χ0v) is 51.3. The number of allylic oxidation sites excluding steroid dienone is 22. The average Bonchev–Trinajstić information content (AvgIpc) is 3.45. The summed E-state index contributed by atoms with van der Waals surface area (Å²) in [4.78, 5) is 38.3. The zero-order valence-electron chi connectivity index (χ0n) is 51.3. The Balaban J connectivity index is 4.38. The minimum atomic E-state index is -0.799. The lowest BCUT2D eigenvalue weighted by molar-refractivity contribution is -0.167. The maximum atomic E-state index is 12.9. The second-order valence-corrected chi connectivity index (χ2v) is 21.3. The van der Waals surface area contributed by atoms with Gasteiger partial charge in [-0.15, -0.1) is 0 Å². The van der Waals surface area contributed by atoms with Crippen LogP contribution in [-0.4, -0.2) is 37.2 Å². The SMILES string of the molecule is CC/C=C\C/C=C\C/C=C\C/C=C\C/C=C\C/C=C\C/C=C\C/C=C\C/C=C\CCCCCC(=O)OCC(COC(=O)CCCCCCCCCCCCCC)OC(=O)CCCCCCCCC/C=C\C/C=C\CCCCCC. The summed E-state index contributed by atoms with van der Waals surface area (Å²) >= 11 is 0. The van der Waals surface area contributed by atoms with Gasteiger partial charge in [0.15, 0.2) is 6.10 Å². The smallest absolute Gasteiger partial charge is 0.306 e. The van der Waals surface area contributed by atoms with Crippen LogP contribution in [0.25, 0.3) is 0 Å². The Morgan fingerprint density at radius 3 is 0.797 bits per heavy atom. The molecule has 1 unspecified atom stereocenters. The molecule has 0 N–H and O–H groups in total. The lowest BCUT2D eigenvalue weighted by atomic mass is 10.0. The van der Waals surface area contributed by atoms with Crippen LogP contribution >= 0.6 is 0 Å². The van der Waals surface area contributed by atoms with Crippen LogP contribution in [0, 0.1) is 0 Å². The van der Waals surface area contributed by atoms with E-state index in [0.717, 1.165) is 135 Å². The summed E-state index contributed by atoms with van der Waals surface area (Å²) in [7, 11) is 0. The Morgan fingerprint density at radius 2 is 0.494 bits per heavy atom. The van der Waals surface area contributed by atoms with Gasteiger partial charge in [0.1, 0.15) is 13.2 Å². The van der Waals surface area contributed by atoms with Gasteiger partial charge in [-0.3, -0.25) is 14.4 Å². The fourth-order valence-electron chi connectivity index (χ4n) is 8.76. The molecule has 0 radical (unpaired) electrons. The number of carbonyl (C=O) groups excluding carboxylic acids is 3. The van der Waals surface area contributed by atoms with Crippen LogP contribution in [0.3, 0.4) is 0 Å². The topological polar surface area (TPSA) is 78.9 Å². The van der Waals surface area contributed by atoms with Crippen molar-refractivity contribution in [3.63, 3.8) is 0 Å². The number of unbranched alkanes of at least 4 members (excludes halogenated alkanes) is 25. The van der Waals surface area contributed by atoms with Gasteiger partial charge in [-0.25, -0.2) is 0 Å². The van der Waals surface area contributed by atoms with Gasteiger partial charge in [0.2, 0.25) is 0 Å². The predicted octanol–water partition coefficient (Wildman–Crippen LogP) is 22.5. The molecule has 0 fully saturated rings. The van der Waals surface area contributed by atoms with E-state index in [9.17, 15) is 14.4 Å². The largest absolute Gasteiger partial charge is 0.462 e. The first-order chi connectivity index (χ1) is 39.0. The second-order valence-electron chi connectivity index (χ2n) is 21.3. The van der Waals surface area contributed by atoms with Crippen molar-refractivity contribution >= 4 is 17.9 Å². The van der Waals surface area contributed by atoms with Gasteiger partial charge in [-0.1, -0.05) is 283 Å². The van der Waals surface area contributed by atoms with Crippen LogP contribution in [0.4, 0.5) is 0 Å². The number of hydrogen-bond acceptors (Lipinski definition) is 6. The number of hydrogen-bond donors (Lipinski definition) is 0. The van der Waals surface area contributed by atoms with Crippen molar-refractivity contribution in [2.45, 2.75) is 297 Å². The highest BCUT2D eigenvalue weighted by Crippen LogP contribution is 2.15. The van der Waals surface area contributed by atoms with E-state index in [1.807, 2.05) is 0 Å². The van der Waals surface area contributed by atoms with Crippen LogP contribution in [-0.2, 0) is 28.6 Å². The molecule has 0 rings (SSSR count). The summed E-state index contributed by atoms with van der Waals surface area (Å²) in [6, 6.07) is 0. The molecule has 448 valence electrons. The third-order valence-corrected chi connectivity index (χ3v) is 13.6. The van der Waals surface area contributed by atoms with Gasteiger partial charge < -0.3 is 14.2 Å². The molecule has 0 aromatic carbocycles. The first-order valence-electron chi connectivity index (χ1n) is 32.7. The molecular weight excluding hydrogens is 973 g/mol. The molecular formula is C73H120O6. The Hall–Kier alpha value is -4.45. The van der Waals surface area contributed by atoms with Gasteiger partial charge >= 0.3 is 17.9 Å². The van der Waals surface area contributed by atoms with Crippen molar-refractivity contribution in [3.8, 4) is 0 Å². The van der Waals surface area contributed by atoms with Gasteiger partial charge in [-0.2, -0.15) is 0 Å². The molecule has 6 nitrogen and oxygen atoms in total. The van der Waals surface area contributed by atoms with Crippen LogP contribution in [0.2, 0.25) is 0 Å². The van der Waals surface area contributed by atoms with Crippen molar-refractivity contribution in [2.24, 2.45) is 0 Å².